The molecule has 1 aromatic rings. The van der Waals surface area contributed by atoms with Crippen LogP contribution >= 0.6 is 0 Å². The minimum absolute atomic E-state index is 0.0460. The molecule has 0 amide bonds. The number of hydrogen-bond donors (Lipinski definition) is 3. The summed E-state index contributed by atoms with van der Waals surface area (Å²) in [6, 6.07) is 2.96. The summed E-state index contributed by atoms with van der Waals surface area (Å²) in [6.07, 6.45) is 2.60. The van der Waals surface area contributed by atoms with Crippen molar-refractivity contribution in [3.05, 3.63) is 22.2 Å². The molecule has 18 heavy (non-hydrogen) atoms. The Labute approximate surface area is 104 Å². The first kappa shape index (κ1) is 12.6. The lowest BCUT2D eigenvalue weighted by Crippen LogP contribution is -2.48. The van der Waals surface area contributed by atoms with Crippen LogP contribution in [-0.2, 0) is 0 Å². The van der Waals surface area contributed by atoms with E-state index in [1.165, 1.54) is 6.07 Å². The van der Waals surface area contributed by atoms with Crippen LogP contribution in [0.2, 0.25) is 0 Å². The van der Waals surface area contributed by atoms with E-state index in [0.717, 1.165) is 19.3 Å². The monoisotopic (exact) mass is 252 g/mol. The third-order valence-electron chi connectivity index (χ3n) is 3.32. The van der Waals surface area contributed by atoms with Crippen molar-refractivity contribution in [2.24, 2.45) is 0 Å². The van der Waals surface area contributed by atoms with Gasteiger partial charge >= 0.3 is 5.69 Å². The number of nitrogens with one attached hydrogen (secondary N) is 2. The number of rotatable bonds is 5. The highest BCUT2D eigenvalue weighted by atomic mass is 16.6. The van der Waals surface area contributed by atoms with Crippen LogP contribution in [0.25, 0.3) is 0 Å². The summed E-state index contributed by atoms with van der Waals surface area (Å²) in [6.45, 7) is -0.0460. The maximum absolute atomic E-state index is 10.9. The van der Waals surface area contributed by atoms with Gasteiger partial charge < -0.3 is 15.7 Å². The predicted octanol–water partition coefficient (Wildman–Crippen LogP) is 1.36. The normalized spacial score (nSPS) is 16.8. The molecular weight excluding hydrogens is 236 g/mol. The molecular formula is C11H16N4O3. The number of nitro groups is 1. The number of aliphatic hydroxyl groups is 1. The Morgan fingerprint density at radius 3 is 2.72 bits per heavy atom. The molecule has 98 valence electrons. The van der Waals surface area contributed by atoms with Gasteiger partial charge in [0.2, 0.25) is 5.82 Å². The molecule has 1 aromatic heterocycles. The van der Waals surface area contributed by atoms with Crippen LogP contribution in [-0.4, -0.2) is 34.2 Å². The van der Waals surface area contributed by atoms with Crippen molar-refractivity contribution in [1.29, 1.82) is 0 Å². The molecule has 0 saturated heterocycles. The zero-order valence-corrected chi connectivity index (χ0v) is 10.1. The fraction of sp³-hybridized carbons (Fsp3) is 0.545. The van der Waals surface area contributed by atoms with E-state index in [1.807, 2.05) is 0 Å². The molecule has 1 aliphatic rings. The van der Waals surface area contributed by atoms with Gasteiger partial charge in [-0.25, -0.2) is 4.98 Å². The highest BCUT2D eigenvalue weighted by molar-refractivity contribution is 5.61. The largest absolute Gasteiger partial charge is 0.394 e. The van der Waals surface area contributed by atoms with Crippen molar-refractivity contribution < 1.29 is 10.0 Å². The predicted molar refractivity (Wildman–Crippen MR) is 67.7 cm³/mol. The number of anilines is 2. The molecule has 1 heterocycles. The average molecular weight is 252 g/mol. The van der Waals surface area contributed by atoms with E-state index in [0.29, 0.717) is 5.82 Å². The highest BCUT2D eigenvalue weighted by Gasteiger charge is 2.38. The molecule has 0 aromatic carbocycles. The zero-order chi connectivity index (χ0) is 13.2. The summed E-state index contributed by atoms with van der Waals surface area (Å²) in [7, 11) is 1.70. The lowest BCUT2D eigenvalue weighted by molar-refractivity contribution is -0.384. The van der Waals surface area contributed by atoms with Gasteiger partial charge in [0.15, 0.2) is 0 Å². The lowest BCUT2D eigenvalue weighted by Gasteiger charge is -2.41. The Balaban J connectivity index is 2.31. The van der Waals surface area contributed by atoms with E-state index in [1.54, 1.807) is 13.1 Å². The molecule has 1 fully saturated rings. The third kappa shape index (κ3) is 2.21. The summed E-state index contributed by atoms with van der Waals surface area (Å²) >= 11 is 0. The van der Waals surface area contributed by atoms with Crippen LogP contribution in [0.3, 0.4) is 0 Å². The Morgan fingerprint density at radius 1 is 1.56 bits per heavy atom. The number of aliphatic hydroxyl groups excluding tert-OH is 1. The van der Waals surface area contributed by atoms with Crippen molar-refractivity contribution in [2.75, 3.05) is 24.3 Å². The molecule has 7 nitrogen and oxygen atoms in total. The van der Waals surface area contributed by atoms with Crippen molar-refractivity contribution >= 4 is 17.3 Å². The van der Waals surface area contributed by atoms with Crippen LogP contribution in [0.1, 0.15) is 19.3 Å². The second-order valence-corrected chi connectivity index (χ2v) is 4.49. The molecule has 0 radical (unpaired) electrons. The van der Waals surface area contributed by atoms with Gasteiger partial charge in [0, 0.05) is 13.1 Å². The van der Waals surface area contributed by atoms with E-state index < -0.39 is 10.5 Å². The zero-order valence-electron chi connectivity index (χ0n) is 10.1. The quantitative estimate of drug-likeness (QED) is 0.540. The van der Waals surface area contributed by atoms with Gasteiger partial charge in [-0.2, -0.15) is 0 Å². The van der Waals surface area contributed by atoms with Crippen molar-refractivity contribution in [3.63, 3.8) is 0 Å². The van der Waals surface area contributed by atoms with E-state index in [2.05, 4.69) is 15.6 Å². The van der Waals surface area contributed by atoms with Crippen molar-refractivity contribution in [3.8, 4) is 0 Å². The summed E-state index contributed by atoms with van der Waals surface area (Å²) < 4.78 is 0. The van der Waals surface area contributed by atoms with Gasteiger partial charge in [0.25, 0.3) is 0 Å². The Bertz CT molecular complexity index is 454. The lowest BCUT2D eigenvalue weighted by atomic mass is 9.77. The first-order valence-corrected chi connectivity index (χ1v) is 5.82. The van der Waals surface area contributed by atoms with E-state index in [9.17, 15) is 15.2 Å². The third-order valence-corrected chi connectivity index (χ3v) is 3.32. The topological polar surface area (TPSA) is 100 Å². The Kier molecular flexibility index (Phi) is 3.33. The van der Waals surface area contributed by atoms with Gasteiger partial charge in [0.1, 0.15) is 5.82 Å². The van der Waals surface area contributed by atoms with E-state index in [-0.39, 0.29) is 18.1 Å². The number of aromatic nitrogens is 1. The highest BCUT2D eigenvalue weighted by Crippen LogP contribution is 2.37. The fourth-order valence-corrected chi connectivity index (χ4v) is 2.01. The van der Waals surface area contributed by atoms with Gasteiger partial charge in [0.05, 0.1) is 17.1 Å². The molecule has 0 unspecified atom stereocenters. The maximum atomic E-state index is 10.9. The standard InChI is InChI=1S/C11H16N4O3/c1-12-9-4-3-8(15(17)18)10(13-9)14-11(7-16)5-2-6-11/h3-4,16H,2,5-7H2,1H3,(H2,12,13,14). The van der Waals surface area contributed by atoms with Gasteiger partial charge in [-0.15, -0.1) is 0 Å². The summed E-state index contributed by atoms with van der Waals surface area (Å²) in [4.78, 5) is 14.6. The smallest absolute Gasteiger partial charge is 0.311 e. The van der Waals surface area contributed by atoms with E-state index in [4.69, 9.17) is 0 Å². The van der Waals surface area contributed by atoms with Crippen LogP contribution in [0, 0.1) is 10.1 Å². The molecule has 1 saturated carbocycles. The SMILES string of the molecule is CNc1ccc([N+](=O)[O-])c(NC2(CO)CCC2)n1. The van der Waals surface area contributed by atoms with Crippen LogP contribution in [0.15, 0.2) is 12.1 Å². The molecule has 3 N–H and O–H groups in total. The maximum Gasteiger partial charge on any atom is 0.311 e. The van der Waals surface area contributed by atoms with Gasteiger partial charge in [-0.3, -0.25) is 10.1 Å². The van der Waals surface area contributed by atoms with Crippen molar-refractivity contribution in [1.82, 2.24) is 4.98 Å². The second kappa shape index (κ2) is 4.77. The summed E-state index contributed by atoms with van der Waals surface area (Å²) in [5.74, 6) is 0.760. The first-order chi connectivity index (χ1) is 8.60. The first-order valence-electron chi connectivity index (χ1n) is 5.82. The molecule has 0 spiro atoms. The number of nitrogens with zero attached hydrogens (tertiary/aromatic N) is 2. The number of pyridine rings is 1. The molecule has 7 heteroatoms. The minimum Gasteiger partial charge on any atom is -0.394 e. The average Bonchev–Trinajstić information content (AvgIpc) is 2.33. The summed E-state index contributed by atoms with van der Waals surface area (Å²) in [5.41, 5.74) is -0.529. The van der Waals surface area contributed by atoms with Crippen LogP contribution in [0.4, 0.5) is 17.3 Å². The fourth-order valence-electron chi connectivity index (χ4n) is 2.01. The molecule has 0 atom stereocenters. The molecule has 2 rings (SSSR count). The minimum atomic E-state index is -0.474. The van der Waals surface area contributed by atoms with Gasteiger partial charge in [-0.05, 0) is 25.3 Å². The summed E-state index contributed by atoms with van der Waals surface area (Å²) in [5, 5.41) is 26.2. The Hall–Kier alpha value is -1.89. The second-order valence-electron chi connectivity index (χ2n) is 4.49. The molecule has 1 aliphatic carbocycles. The molecule has 0 bridgehead atoms. The van der Waals surface area contributed by atoms with E-state index >= 15 is 0 Å². The molecule has 0 aliphatic heterocycles. The Morgan fingerprint density at radius 2 is 2.28 bits per heavy atom. The van der Waals surface area contributed by atoms with Crippen molar-refractivity contribution in [2.45, 2.75) is 24.8 Å². The number of hydrogen-bond acceptors (Lipinski definition) is 6. The van der Waals surface area contributed by atoms with Gasteiger partial charge in [-0.1, -0.05) is 0 Å². The van der Waals surface area contributed by atoms with Crippen LogP contribution in [0.5, 0.6) is 0 Å². The van der Waals surface area contributed by atoms with Crippen LogP contribution < -0.4 is 10.6 Å².